The maximum absolute atomic E-state index is 12.9. The molecule has 0 saturated heterocycles. The Hall–Kier alpha value is -2.28. The number of rotatable bonds is 9. The Balaban J connectivity index is 2.15. The van der Waals surface area contributed by atoms with Gasteiger partial charge in [-0.25, -0.2) is 0 Å². The van der Waals surface area contributed by atoms with E-state index in [4.69, 9.17) is 4.74 Å². The van der Waals surface area contributed by atoms with Crippen LogP contribution in [0.4, 0.5) is 13.2 Å². The number of halogens is 3. The van der Waals surface area contributed by atoms with Gasteiger partial charge in [-0.1, -0.05) is 19.1 Å². The van der Waals surface area contributed by atoms with Gasteiger partial charge in [0.15, 0.2) is 0 Å². The fourth-order valence-corrected chi connectivity index (χ4v) is 2.85. The molecule has 0 fully saturated rings. The third kappa shape index (κ3) is 6.13. The first-order valence-corrected chi connectivity index (χ1v) is 8.92. The molecule has 0 bridgehead atoms. The second-order valence-electron chi connectivity index (χ2n) is 6.38. The molecule has 0 aliphatic heterocycles. The highest BCUT2D eigenvalue weighted by atomic mass is 19.4. The molecule has 1 aromatic heterocycles. The van der Waals surface area contributed by atoms with E-state index in [0.29, 0.717) is 38.2 Å². The maximum Gasteiger partial charge on any atom is 0.416 e. The normalized spacial score (nSPS) is 11.6. The maximum atomic E-state index is 12.9. The summed E-state index contributed by atoms with van der Waals surface area (Å²) < 4.78 is 45.7. The number of aromatic nitrogens is 1. The molecule has 2 rings (SSSR count). The Bertz CT molecular complexity index is 741. The number of hydrogen-bond acceptors (Lipinski definition) is 2. The summed E-state index contributed by atoms with van der Waals surface area (Å²) in [5.74, 6) is 0.0429. The third-order valence-corrected chi connectivity index (χ3v) is 4.27. The van der Waals surface area contributed by atoms with Crippen LogP contribution in [0.15, 0.2) is 42.6 Å². The van der Waals surface area contributed by atoms with Crippen LogP contribution in [0.2, 0.25) is 0 Å². The van der Waals surface area contributed by atoms with Gasteiger partial charge in [0.05, 0.1) is 18.7 Å². The van der Waals surface area contributed by atoms with Gasteiger partial charge >= 0.3 is 6.18 Å². The van der Waals surface area contributed by atoms with Crippen molar-refractivity contribution in [2.45, 2.75) is 39.0 Å². The van der Waals surface area contributed by atoms with Crippen LogP contribution in [0.25, 0.3) is 0 Å². The third-order valence-electron chi connectivity index (χ3n) is 4.27. The van der Waals surface area contributed by atoms with Gasteiger partial charge in [0.1, 0.15) is 0 Å². The molecule has 1 aromatic carbocycles. The summed E-state index contributed by atoms with van der Waals surface area (Å²) in [4.78, 5) is 14.1. The minimum Gasteiger partial charge on any atom is -0.383 e. The predicted octanol–water partition coefficient (Wildman–Crippen LogP) is 4.33. The second-order valence-corrected chi connectivity index (χ2v) is 6.38. The zero-order valence-corrected chi connectivity index (χ0v) is 15.6. The predicted molar refractivity (Wildman–Crippen MR) is 97.2 cm³/mol. The zero-order valence-electron chi connectivity index (χ0n) is 15.6. The molecule has 4 nitrogen and oxygen atoms in total. The molecule has 0 aliphatic carbocycles. The molecule has 148 valence electrons. The van der Waals surface area contributed by atoms with E-state index in [9.17, 15) is 18.0 Å². The zero-order chi connectivity index (χ0) is 19.9. The van der Waals surface area contributed by atoms with Gasteiger partial charge in [0, 0.05) is 38.5 Å². The fourth-order valence-electron chi connectivity index (χ4n) is 2.85. The topological polar surface area (TPSA) is 34.5 Å². The van der Waals surface area contributed by atoms with Crippen molar-refractivity contribution in [3.8, 4) is 0 Å². The van der Waals surface area contributed by atoms with Crippen molar-refractivity contribution in [1.29, 1.82) is 0 Å². The molecule has 0 spiro atoms. The largest absolute Gasteiger partial charge is 0.416 e. The van der Waals surface area contributed by atoms with Crippen molar-refractivity contribution in [2.24, 2.45) is 0 Å². The van der Waals surface area contributed by atoms with Crippen LogP contribution >= 0.6 is 0 Å². The molecule has 0 unspecified atom stereocenters. The SMILES string of the molecule is CCCC(=O)N(CCOC)Cc1cccn1Cc1cccc(C(F)(F)F)c1. The fraction of sp³-hybridized carbons (Fsp3) is 0.450. The van der Waals surface area contributed by atoms with E-state index in [-0.39, 0.29) is 5.91 Å². The van der Waals surface area contributed by atoms with Gasteiger partial charge in [0.25, 0.3) is 0 Å². The van der Waals surface area contributed by atoms with Crippen molar-refractivity contribution >= 4 is 5.91 Å². The molecule has 0 radical (unpaired) electrons. The molecule has 27 heavy (non-hydrogen) atoms. The summed E-state index contributed by atoms with van der Waals surface area (Å²) in [6, 6.07) is 9.03. The van der Waals surface area contributed by atoms with Gasteiger partial charge in [-0.3, -0.25) is 4.79 Å². The molecule has 0 saturated carbocycles. The average Bonchev–Trinajstić information content (AvgIpc) is 3.05. The van der Waals surface area contributed by atoms with Crippen LogP contribution in [0.5, 0.6) is 0 Å². The molecule has 0 aliphatic rings. The van der Waals surface area contributed by atoms with Gasteiger partial charge in [-0.15, -0.1) is 0 Å². The van der Waals surface area contributed by atoms with Crippen LogP contribution in [0.1, 0.15) is 36.6 Å². The lowest BCUT2D eigenvalue weighted by Crippen LogP contribution is -2.34. The number of hydrogen-bond donors (Lipinski definition) is 0. The monoisotopic (exact) mass is 382 g/mol. The lowest BCUT2D eigenvalue weighted by Gasteiger charge is -2.23. The Kier molecular flexibility index (Phi) is 7.47. The highest BCUT2D eigenvalue weighted by Gasteiger charge is 2.30. The summed E-state index contributed by atoms with van der Waals surface area (Å²) in [5, 5.41) is 0. The number of carbonyl (C=O) groups excluding carboxylic acids is 1. The second kappa shape index (κ2) is 9.60. The van der Waals surface area contributed by atoms with Crippen molar-refractivity contribution in [3.63, 3.8) is 0 Å². The van der Waals surface area contributed by atoms with Crippen LogP contribution in [0, 0.1) is 0 Å². The quantitative estimate of drug-likeness (QED) is 0.647. The summed E-state index contributed by atoms with van der Waals surface area (Å²) >= 11 is 0. The van der Waals surface area contributed by atoms with Crippen LogP contribution in [0.3, 0.4) is 0 Å². The van der Waals surface area contributed by atoms with E-state index in [1.54, 1.807) is 18.1 Å². The van der Waals surface area contributed by atoms with Gasteiger partial charge in [-0.05, 0) is 36.2 Å². The number of ether oxygens (including phenoxy) is 1. The van der Waals surface area contributed by atoms with E-state index < -0.39 is 11.7 Å². The average molecular weight is 382 g/mol. The number of benzene rings is 1. The standard InChI is InChI=1S/C20H25F3N2O2/c1-3-6-19(26)25(11-12-27-2)15-18-9-5-10-24(18)14-16-7-4-8-17(13-16)20(21,22)23/h4-5,7-10,13H,3,6,11-12,14-15H2,1-2H3. The first-order chi connectivity index (χ1) is 12.8. The first kappa shape index (κ1) is 21.0. The van der Waals surface area contributed by atoms with E-state index in [1.165, 1.54) is 6.07 Å². The summed E-state index contributed by atoms with van der Waals surface area (Å²) in [6.45, 7) is 3.57. The van der Waals surface area contributed by atoms with Gasteiger partial charge < -0.3 is 14.2 Å². The minimum atomic E-state index is -4.36. The van der Waals surface area contributed by atoms with Crippen molar-refractivity contribution in [1.82, 2.24) is 9.47 Å². The van der Waals surface area contributed by atoms with Gasteiger partial charge in [-0.2, -0.15) is 13.2 Å². The molecule has 1 heterocycles. The molecular weight excluding hydrogens is 357 g/mol. The molecule has 0 atom stereocenters. The first-order valence-electron chi connectivity index (χ1n) is 8.92. The number of amides is 1. The van der Waals surface area contributed by atoms with Gasteiger partial charge in [0.2, 0.25) is 5.91 Å². The van der Waals surface area contributed by atoms with Crippen molar-refractivity contribution in [3.05, 3.63) is 59.4 Å². The van der Waals surface area contributed by atoms with Crippen LogP contribution in [-0.2, 0) is 28.8 Å². The van der Waals surface area contributed by atoms with E-state index in [1.807, 2.05) is 29.8 Å². The smallest absolute Gasteiger partial charge is 0.383 e. The Morgan fingerprint density at radius 1 is 1.22 bits per heavy atom. The highest BCUT2D eigenvalue weighted by molar-refractivity contribution is 5.76. The minimum absolute atomic E-state index is 0.0429. The Morgan fingerprint density at radius 2 is 2.00 bits per heavy atom. The Labute approximate surface area is 157 Å². The van der Waals surface area contributed by atoms with Crippen LogP contribution < -0.4 is 0 Å². The Morgan fingerprint density at radius 3 is 2.67 bits per heavy atom. The molecule has 1 amide bonds. The van der Waals surface area contributed by atoms with Crippen molar-refractivity contribution < 1.29 is 22.7 Å². The highest BCUT2D eigenvalue weighted by Crippen LogP contribution is 2.29. The summed E-state index contributed by atoms with van der Waals surface area (Å²) in [6.07, 6.45) is -1.33. The summed E-state index contributed by atoms with van der Waals surface area (Å²) in [7, 11) is 1.58. The van der Waals surface area contributed by atoms with E-state index >= 15 is 0 Å². The lowest BCUT2D eigenvalue weighted by molar-refractivity contribution is -0.137. The van der Waals surface area contributed by atoms with E-state index in [0.717, 1.165) is 24.2 Å². The molecular formula is C20H25F3N2O2. The summed E-state index contributed by atoms with van der Waals surface area (Å²) in [5.41, 5.74) is 0.770. The number of carbonyl (C=O) groups is 1. The number of nitrogens with zero attached hydrogens (tertiary/aromatic N) is 2. The van der Waals surface area contributed by atoms with E-state index in [2.05, 4.69) is 0 Å². The molecule has 2 aromatic rings. The van der Waals surface area contributed by atoms with Crippen LogP contribution in [-0.4, -0.2) is 35.6 Å². The number of alkyl halides is 3. The molecule has 7 heteroatoms. The van der Waals surface area contributed by atoms with Crippen molar-refractivity contribution in [2.75, 3.05) is 20.3 Å². The molecule has 0 N–H and O–H groups in total. The number of methoxy groups -OCH3 is 1. The lowest BCUT2D eigenvalue weighted by atomic mass is 10.1.